The maximum absolute atomic E-state index is 12.9. The Labute approximate surface area is 181 Å². The largest absolute Gasteiger partial charge is 0.390 e. The van der Waals surface area contributed by atoms with Gasteiger partial charge in [-0.15, -0.1) is 0 Å². The maximum atomic E-state index is 12.9. The molecule has 1 aromatic heterocycles. The summed E-state index contributed by atoms with van der Waals surface area (Å²) in [5.41, 5.74) is 3.24. The van der Waals surface area contributed by atoms with E-state index in [1.807, 2.05) is 44.2 Å². The van der Waals surface area contributed by atoms with Crippen LogP contribution in [0.4, 0.5) is 0 Å². The first-order valence-electron chi connectivity index (χ1n) is 10.6. The first-order valence-corrected chi connectivity index (χ1v) is 11.5. The fourth-order valence-electron chi connectivity index (χ4n) is 4.01. The molecule has 4 rings (SSSR count). The number of ether oxygens (including phenoxy) is 1. The summed E-state index contributed by atoms with van der Waals surface area (Å²) in [6.45, 7) is 4.22. The number of aliphatic hydroxyl groups is 1. The highest BCUT2D eigenvalue weighted by Gasteiger charge is 2.22. The van der Waals surface area contributed by atoms with Gasteiger partial charge in [-0.2, -0.15) is 0 Å². The Morgan fingerprint density at radius 2 is 1.97 bits per heavy atom. The van der Waals surface area contributed by atoms with E-state index < -0.39 is 6.10 Å². The second-order valence-electron chi connectivity index (χ2n) is 8.06. The number of para-hydroxylation sites is 1. The molecule has 30 heavy (non-hydrogen) atoms. The van der Waals surface area contributed by atoms with Gasteiger partial charge < -0.3 is 9.84 Å². The number of fused-ring (bicyclic) bond motifs is 2. The lowest BCUT2D eigenvalue weighted by Crippen LogP contribution is -2.26. The van der Waals surface area contributed by atoms with Crippen LogP contribution in [0.3, 0.4) is 0 Å². The van der Waals surface area contributed by atoms with Crippen molar-refractivity contribution in [1.29, 1.82) is 0 Å². The van der Waals surface area contributed by atoms with E-state index in [4.69, 9.17) is 4.74 Å². The van der Waals surface area contributed by atoms with E-state index in [1.165, 1.54) is 22.9 Å². The number of aromatic nitrogens is 2. The van der Waals surface area contributed by atoms with Crippen LogP contribution in [0.25, 0.3) is 10.9 Å². The van der Waals surface area contributed by atoms with Crippen molar-refractivity contribution in [1.82, 2.24) is 9.55 Å². The van der Waals surface area contributed by atoms with Gasteiger partial charge in [0.1, 0.15) is 0 Å². The number of hydrogen-bond acceptors (Lipinski definition) is 5. The molecule has 0 unspecified atom stereocenters. The molecule has 3 aromatic rings. The first-order chi connectivity index (χ1) is 14.5. The smallest absolute Gasteiger partial charge is 0.262 e. The molecule has 0 amide bonds. The number of aliphatic hydroxyl groups excluding tert-OH is 1. The van der Waals surface area contributed by atoms with E-state index in [2.05, 4.69) is 23.2 Å². The van der Waals surface area contributed by atoms with E-state index in [-0.39, 0.29) is 24.3 Å². The van der Waals surface area contributed by atoms with Gasteiger partial charge in [-0.1, -0.05) is 48.2 Å². The van der Waals surface area contributed by atoms with Crippen molar-refractivity contribution < 1.29 is 9.84 Å². The van der Waals surface area contributed by atoms with Crippen molar-refractivity contribution >= 4 is 22.7 Å². The Bertz CT molecular complexity index is 1080. The molecule has 0 radical (unpaired) electrons. The van der Waals surface area contributed by atoms with Crippen LogP contribution in [0, 0.1) is 0 Å². The summed E-state index contributed by atoms with van der Waals surface area (Å²) in [7, 11) is 0. The summed E-state index contributed by atoms with van der Waals surface area (Å²) in [6, 6.07) is 15.8. The number of thioether (sulfide) groups is 1. The van der Waals surface area contributed by atoms with Crippen molar-refractivity contribution in [2.24, 2.45) is 0 Å². The molecular formula is C24H28N2O3S. The van der Waals surface area contributed by atoms with E-state index in [1.54, 1.807) is 4.57 Å². The maximum Gasteiger partial charge on any atom is 0.262 e. The van der Waals surface area contributed by atoms with Crippen molar-refractivity contribution in [3.05, 3.63) is 70.0 Å². The first kappa shape index (κ1) is 21.1. The average molecular weight is 425 g/mol. The van der Waals surface area contributed by atoms with E-state index in [0.717, 1.165) is 19.3 Å². The Balaban J connectivity index is 1.43. The van der Waals surface area contributed by atoms with Crippen molar-refractivity contribution in [3.8, 4) is 0 Å². The molecule has 1 aliphatic carbocycles. The zero-order chi connectivity index (χ0) is 21.1. The van der Waals surface area contributed by atoms with Crippen LogP contribution in [-0.4, -0.2) is 33.1 Å². The SMILES string of the molecule is CC(C)n1c(SC[C@@H](O)CO[C@H]2CCCc3ccccc32)nc2ccccc2c1=O. The summed E-state index contributed by atoms with van der Waals surface area (Å²) in [6.07, 6.45) is 2.59. The molecule has 2 aromatic carbocycles. The Morgan fingerprint density at radius 3 is 2.80 bits per heavy atom. The van der Waals surface area contributed by atoms with Crippen molar-refractivity contribution in [2.75, 3.05) is 12.4 Å². The van der Waals surface area contributed by atoms with Gasteiger partial charge in [0.15, 0.2) is 5.16 Å². The molecule has 1 N–H and O–H groups in total. The molecule has 0 saturated carbocycles. The lowest BCUT2D eigenvalue weighted by Gasteiger charge is -2.26. The average Bonchev–Trinajstić information content (AvgIpc) is 2.76. The van der Waals surface area contributed by atoms with Gasteiger partial charge in [-0.25, -0.2) is 4.98 Å². The van der Waals surface area contributed by atoms with Gasteiger partial charge in [0.25, 0.3) is 5.56 Å². The molecule has 6 heteroatoms. The van der Waals surface area contributed by atoms with Crippen molar-refractivity contribution in [3.63, 3.8) is 0 Å². The molecule has 2 atom stereocenters. The number of rotatable bonds is 7. The van der Waals surface area contributed by atoms with Gasteiger partial charge in [0.2, 0.25) is 0 Å². The van der Waals surface area contributed by atoms with Crippen LogP contribution in [0.15, 0.2) is 58.5 Å². The number of nitrogens with zero attached hydrogens (tertiary/aromatic N) is 2. The monoisotopic (exact) mass is 424 g/mol. The van der Waals surface area contributed by atoms with E-state index in [0.29, 0.717) is 21.8 Å². The highest BCUT2D eigenvalue weighted by molar-refractivity contribution is 7.99. The third-order valence-electron chi connectivity index (χ3n) is 5.50. The minimum atomic E-state index is -0.631. The molecule has 0 saturated heterocycles. The summed E-state index contributed by atoms with van der Waals surface area (Å²) >= 11 is 1.41. The molecule has 1 heterocycles. The zero-order valence-corrected chi connectivity index (χ0v) is 18.3. The third-order valence-corrected chi connectivity index (χ3v) is 6.60. The van der Waals surface area contributed by atoms with Crippen LogP contribution < -0.4 is 5.56 Å². The van der Waals surface area contributed by atoms with Gasteiger partial charge >= 0.3 is 0 Å². The summed E-state index contributed by atoms with van der Waals surface area (Å²) in [5, 5.41) is 11.8. The molecular weight excluding hydrogens is 396 g/mol. The molecule has 0 bridgehead atoms. The zero-order valence-electron chi connectivity index (χ0n) is 17.5. The third kappa shape index (κ3) is 4.46. The summed E-state index contributed by atoms with van der Waals surface area (Å²) in [5.74, 6) is 0.422. The van der Waals surface area contributed by atoms with Crippen LogP contribution in [0.1, 0.15) is 50.0 Å². The van der Waals surface area contributed by atoms with Crippen LogP contribution in [0.5, 0.6) is 0 Å². The Kier molecular flexibility index (Phi) is 6.56. The van der Waals surface area contributed by atoms with Gasteiger partial charge in [-0.05, 0) is 56.4 Å². The molecule has 0 spiro atoms. The minimum Gasteiger partial charge on any atom is -0.390 e. The molecule has 158 valence electrons. The van der Waals surface area contributed by atoms with Gasteiger partial charge in [0, 0.05) is 11.8 Å². The Morgan fingerprint density at radius 1 is 1.20 bits per heavy atom. The van der Waals surface area contributed by atoms with Crippen molar-refractivity contribution in [2.45, 2.75) is 56.5 Å². The quantitative estimate of drug-likeness (QED) is 0.446. The standard InChI is InChI=1S/C24H28N2O3S/c1-16(2)26-23(28)20-11-5-6-12-21(20)25-24(26)30-15-18(27)14-29-22-13-7-9-17-8-3-4-10-19(17)22/h3-6,8,10-12,16,18,22,27H,7,9,13-15H2,1-2H3/t18-,22-/m0/s1. The minimum absolute atomic E-state index is 0.00996. The van der Waals surface area contributed by atoms with E-state index in [9.17, 15) is 9.90 Å². The normalized spacial score (nSPS) is 17.3. The second kappa shape index (κ2) is 9.33. The number of hydrogen-bond donors (Lipinski definition) is 1. The fourth-order valence-corrected chi connectivity index (χ4v) is 5.04. The predicted octanol–water partition coefficient (Wildman–Crippen LogP) is 4.52. The lowest BCUT2D eigenvalue weighted by atomic mass is 9.89. The molecule has 0 aliphatic heterocycles. The second-order valence-corrected chi connectivity index (χ2v) is 9.05. The fraction of sp³-hybridized carbons (Fsp3) is 0.417. The van der Waals surface area contributed by atoms with Crippen LogP contribution >= 0.6 is 11.8 Å². The highest BCUT2D eigenvalue weighted by atomic mass is 32.2. The molecule has 0 fully saturated rings. The topological polar surface area (TPSA) is 64.3 Å². The van der Waals surface area contributed by atoms with Crippen LogP contribution in [-0.2, 0) is 11.2 Å². The van der Waals surface area contributed by atoms with Gasteiger partial charge in [0.05, 0.1) is 29.7 Å². The summed E-state index contributed by atoms with van der Waals surface area (Å²) < 4.78 is 7.79. The molecule has 5 nitrogen and oxygen atoms in total. The summed E-state index contributed by atoms with van der Waals surface area (Å²) in [4.78, 5) is 17.6. The number of benzene rings is 2. The lowest BCUT2D eigenvalue weighted by molar-refractivity contribution is -0.00961. The predicted molar refractivity (Wildman–Crippen MR) is 121 cm³/mol. The Hall–Kier alpha value is -2.15. The van der Waals surface area contributed by atoms with Gasteiger partial charge in [-0.3, -0.25) is 9.36 Å². The highest BCUT2D eigenvalue weighted by Crippen LogP contribution is 2.32. The number of aryl methyl sites for hydroxylation is 1. The van der Waals surface area contributed by atoms with E-state index >= 15 is 0 Å². The van der Waals surface area contributed by atoms with Crippen LogP contribution in [0.2, 0.25) is 0 Å². The molecule has 1 aliphatic rings.